The van der Waals surface area contributed by atoms with E-state index in [1.54, 1.807) is 36.7 Å². The fourth-order valence-corrected chi connectivity index (χ4v) is 5.23. The van der Waals surface area contributed by atoms with Crippen molar-refractivity contribution >= 4 is 40.3 Å². The number of carbonyl (C=O) groups is 2. The van der Waals surface area contributed by atoms with E-state index in [1.807, 2.05) is 57.2 Å². The van der Waals surface area contributed by atoms with Crippen molar-refractivity contribution < 1.29 is 14.3 Å². The summed E-state index contributed by atoms with van der Waals surface area (Å²) in [6.07, 6.45) is 4.28. The van der Waals surface area contributed by atoms with Crippen molar-refractivity contribution in [2.45, 2.75) is 51.3 Å². The van der Waals surface area contributed by atoms with Gasteiger partial charge < -0.3 is 25.3 Å². The summed E-state index contributed by atoms with van der Waals surface area (Å²) in [5.74, 6) is 0.408. The van der Waals surface area contributed by atoms with Gasteiger partial charge in [0.25, 0.3) is 5.91 Å². The molecule has 9 nitrogen and oxygen atoms in total. The Bertz CT molecular complexity index is 1630. The smallest absolute Gasteiger partial charge is 0.407 e. The molecule has 10 heteroatoms. The highest BCUT2D eigenvalue weighted by Crippen LogP contribution is 2.24. The average Bonchev–Trinajstić information content (AvgIpc) is 2.96. The molecule has 5 rings (SSSR count). The molecule has 0 spiro atoms. The number of hydrogen-bond acceptors (Lipinski definition) is 6. The number of benzene rings is 2. The van der Waals surface area contributed by atoms with Gasteiger partial charge in [0, 0.05) is 47.5 Å². The summed E-state index contributed by atoms with van der Waals surface area (Å²) in [5.41, 5.74) is 1.47. The molecule has 4 aromatic rings. The van der Waals surface area contributed by atoms with Gasteiger partial charge in [-0.3, -0.25) is 9.59 Å². The van der Waals surface area contributed by atoms with Gasteiger partial charge in [-0.25, -0.2) is 9.78 Å². The van der Waals surface area contributed by atoms with E-state index >= 15 is 0 Å². The number of anilines is 1. The number of nitrogens with one attached hydrogen (secondary N) is 3. The zero-order valence-electron chi connectivity index (χ0n) is 23.8. The van der Waals surface area contributed by atoms with Crippen molar-refractivity contribution in [2.24, 2.45) is 0 Å². The van der Waals surface area contributed by atoms with Crippen LogP contribution in [0.3, 0.4) is 0 Å². The molecule has 0 aliphatic carbocycles. The highest BCUT2D eigenvalue weighted by Gasteiger charge is 2.25. The molecule has 3 heterocycles. The van der Waals surface area contributed by atoms with Gasteiger partial charge in [0.2, 0.25) is 0 Å². The number of pyridine rings is 2. The van der Waals surface area contributed by atoms with E-state index < -0.39 is 17.7 Å². The lowest BCUT2D eigenvalue weighted by atomic mass is 9.98. The summed E-state index contributed by atoms with van der Waals surface area (Å²) < 4.78 is 5.36. The number of piperidine rings is 1. The highest BCUT2D eigenvalue weighted by molar-refractivity contribution is 6.31. The van der Waals surface area contributed by atoms with Crippen LogP contribution in [-0.4, -0.2) is 46.7 Å². The Labute approximate surface area is 249 Å². The lowest BCUT2D eigenvalue weighted by molar-refractivity contribution is 0.0497. The number of hydrogen-bond donors (Lipinski definition) is 3. The second-order valence-corrected chi connectivity index (χ2v) is 11.8. The van der Waals surface area contributed by atoms with E-state index in [4.69, 9.17) is 16.3 Å². The van der Waals surface area contributed by atoms with Gasteiger partial charge >= 0.3 is 6.09 Å². The average molecular weight is 588 g/mol. The van der Waals surface area contributed by atoms with Crippen LogP contribution in [0.1, 0.15) is 61.1 Å². The largest absolute Gasteiger partial charge is 0.444 e. The van der Waals surface area contributed by atoms with Crippen LogP contribution < -0.4 is 21.0 Å². The van der Waals surface area contributed by atoms with Crippen molar-refractivity contribution in [1.82, 2.24) is 20.6 Å². The van der Waals surface area contributed by atoms with E-state index in [0.717, 1.165) is 24.2 Å². The van der Waals surface area contributed by atoms with Gasteiger partial charge in [-0.2, -0.15) is 0 Å². The van der Waals surface area contributed by atoms with Crippen LogP contribution >= 0.6 is 11.6 Å². The van der Waals surface area contributed by atoms with Gasteiger partial charge in [0.15, 0.2) is 5.43 Å². The van der Waals surface area contributed by atoms with Crippen LogP contribution in [0.15, 0.2) is 77.9 Å². The molecule has 0 radical (unpaired) electrons. The maximum atomic E-state index is 13.5. The van der Waals surface area contributed by atoms with Crippen LogP contribution in [-0.2, 0) is 4.74 Å². The summed E-state index contributed by atoms with van der Waals surface area (Å²) in [6.45, 7) is 6.95. The Kier molecular flexibility index (Phi) is 8.49. The molecular weight excluding hydrogens is 554 g/mol. The lowest BCUT2D eigenvalue weighted by Gasteiger charge is -2.33. The number of aromatic nitrogens is 2. The van der Waals surface area contributed by atoms with E-state index in [9.17, 15) is 14.4 Å². The molecule has 2 aromatic carbocycles. The number of aromatic amines is 1. The molecule has 1 atom stereocenters. The minimum atomic E-state index is -0.682. The molecule has 2 amide bonds. The summed E-state index contributed by atoms with van der Waals surface area (Å²) in [5, 5.41) is 6.99. The van der Waals surface area contributed by atoms with Gasteiger partial charge in [0.1, 0.15) is 11.4 Å². The molecular formula is C32H34ClN5O4. The minimum Gasteiger partial charge on any atom is -0.444 e. The lowest BCUT2D eigenvalue weighted by Crippen LogP contribution is -2.46. The number of carbonyl (C=O) groups excluding carboxylic acids is 2. The zero-order chi connectivity index (χ0) is 29.9. The third-order valence-electron chi connectivity index (χ3n) is 7.14. The molecule has 42 heavy (non-hydrogen) atoms. The van der Waals surface area contributed by atoms with E-state index in [1.165, 1.54) is 0 Å². The fourth-order valence-electron chi connectivity index (χ4n) is 5.06. The molecule has 2 aromatic heterocycles. The van der Waals surface area contributed by atoms with Crippen LogP contribution in [0.25, 0.3) is 10.9 Å². The maximum Gasteiger partial charge on any atom is 0.407 e. The Hall–Kier alpha value is -4.37. The number of alkyl carbamates (subject to hydrolysis) is 1. The second kappa shape index (κ2) is 12.2. The number of nitrogens with zero attached hydrogens (tertiary/aromatic N) is 2. The first-order chi connectivity index (χ1) is 20.1. The predicted molar refractivity (Wildman–Crippen MR) is 164 cm³/mol. The van der Waals surface area contributed by atoms with Crippen LogP contribution in [0.5, 0.6) is 0 Å². The maximum absolute atomic E-state index is 13.5. The number of halogens is 1. The van der Waals surface area contributed by atoms with E-state index in [0.29, 0.717) is 40.1 Å². The molecule has 0 bridgehead atoms. The second-order valence-electron chi connectivity index (χ2n) is 11.4. The summed E-state index contributed by atoms with van der Waals surface area (Å²) in [6, 6.07) is 17.3. The topological polar surface area (TPSA) is 116 Å². The summed E-state index contributed by atoms with van der Waals surface area (Å²) >= 11 is 6.10. The molecule has 1 aliphatic heterocycles. The van der Waals surface area contributed by atoms with Crippen molar-refractivity contribution in [3.8, 4) is 0 Å². The quantitative estimate of drug-likeness (QED) is 0.271. The Morgan fingerprint density at radius 2 is 1.81 bits per heavy atom. The SMILES string of the molecule is CC(C)(C)OC(=O)NC1CCN(c2ccc(C(=O)NC(c3ccccc3)c3c[nH]c4cc(Cl)ccc4c3=O)cn2)CC1. The first kappa shape index (κ1) is 29.1. The monoisotopic (exact) mass is 587 g/mol. The number of H-pyrrole nitrogens is 1. The van der Waals surface area contributed by atoms with Crippen LogP contribution in [0.2, 0.25) is 5.02 Å². The number of ether oxygens (including phenoxy) is 1. The molecule has 0 saturated carbocycles. The standard InChI is InChI=1S/C32H34ClN5O4/c1-32(2,3)42-31(41)36-23-13-15-38(16-14-23)27-12-9-21(18-35-27)30(40)37-28(20-7-5-4-6-8-20)25-19-34-26-17-22(33)10-11-24(26)29(25)39/h4-12,17-19,23,28H,13-16H2,1-3H3,(H,34,39)(H,36,41)(H,37,40). The Balaban J connectivity index is 1.28. The predicted octanol–water partition coefficient (Wildman–Crippen LogP) is 5.59. The first-order valence-electron chi connectivity index (χ1n) is 13.9. The fraction of sp³-hybridized carbons (Fsp3) is 0.312. The van der Waals surface area contributed by atoms with Crippen molar-refractivity contribution in [3.63, 3.8) is 0 Å². The van der Waals surface area contributed by atoms with Crippen molar-refractivity contribution in [1.29, 1.82) is 0 Å². The Morgan fingerprint density at radius 3 is 2.48 bits per heavy atom. The van der Waals surface area contributed by atoms with Gasteiger partial charge in [-0.05, 0) is 69.5 Å². The molecule has 1 fully saturated rings. The third-order valence-corrected chi connectivity index (χ3v) is 7.38. The van der Waals surface area contributed by atoms with Crippen molar-refractivity contribution in [3.05, 3.63) is 105 Å². The van der Waals surface area contributed by atoms with Crippen LogP contribution in [0.4, 0.5) is 10.6 Å². The molecule has 3 N–H and O–H groups in total. The zero-order valence-corrected chi connectivity index (χ0v) is 24.6. The molecule has 1 aliphatic rings. The highest BCUT2D eigenvalue weighted by atomic mass is 35.5. The number of fused-ring (bicyclic) bond motifs is 1. The van der Waals surface area contributed by atoms with Gasteiger partial charge in [-0.15, -0.1) is 0 Å². The number of amides is 2. The van der Waals surface area contributed by atoms with E-state index in [2.05, 4.69) is 25.5 Å². The normalized spacial score (nSPS) is 14.8. The minimum absolute atomic E-state index is 0.0336. The summed E-state index contributed by atoms with van der Waals surface area (Å²) in [7, 11) is 0. The molecule has 1 saturated heterocycles. The third kappa shape index (κ3) is 6.91. The molecule has 218 valence electrons. The Morgan fingerprint density at radius 1 is 1.07 bits per heavy atom. The first-order valence-corrected chi connectivity index (χ1v) is 14.3. The van der Waals surface area contributed by atoms with Crippen LogP contribution in [0, 0.1) is 0 Å². The van der Waals surface area contributed by atoms with Gasteiger partial charge in [-0.1, -0.05) is 41.9 Å². The van der Waals surface area contributed by atoms with Gasteiger partial charge in [0.05, 0.1) is 17.1 Å². The van der Waals surface area contributed by atoms with E-state index in [-0.39, 0.29) is 17.4 Å². The number of rotatable bonds is 6. The van der Waals surface area contributed by atoms with Crippen molar-refractivity contribution in [2.75, 3.05) is 18.0 Å². The summed E-state index contributed by atoms with van der Waals surface area (Å²) in [4.78, 5) is 48.8. The molecule has 1 unspecified atom stereocenters.